The first kappa shape index (κ1) is 19.4. The van der Waals surface area contributed by atoms with E-state index in [1.54, 1.807) is 46.2 Å². The quantitative estimate of drug-likeness (QED) is 0.870. The summed E-state index contributed by atoms with van der Waals surface area (Å²) in [7, 11) is -3.57. The number of amides is 1. The molecular weight excluding hydrogens is 364 g/mol. The highest BCUT2D eigenvalue weighted by molar-refractivity contribution is 7.93. The standard InChI is InChI=1S/C19H26N4O3S/c1-19(2,3)23-13-15(12-20-23)18(24)22-11-7-10-17(14-22)27(25,26)21-16-8-5-4-6-9-16/h4-6,8-9,12-13,17,21H,7,10-11,14H2,1-3H3/t17-/m1/s1. The van der Waals surface area contributed by atoms with Crippen molar-refractivity contribution in [3.63, 3.8) is 0 Å². The number of carbonyl (C=O) groups excluding carboxylic acids is 1. The van der Waals surface area contributed by atoms with Crippen LogP contribution in [0.4, 0.5) is 5.69 Å². The van der Waals surface area contributed by atoms with Gasteiger partial charge in [-0.2, -0.15) is 5.10 Å². The first-order chi connectivity index (χ1) is 12.7. The van der Waals surface area contributed by atoms with E-state index in [9.17, 15) is 13.2 Å². The highest BCUT2D eigenvalue weighted by atomic mass is 32.2. The largest absolute Gasteiger partial charge is 0.337 e. The lowest BCUT2D eigenvalue weighted by molar-refractivity contribution is 0.0727. The SMILES string of the molecule is CC(C)(C)n1cc(C(=O)N2CCC[C@@H](S(=O)(=O)Nc3ccccc3)C2)cn1. The van der Waals surface area contributed by atoms with Crippen LogP contribution in [-0.4, -0.2) is 47.3 Å². The number of rotatable bonds is 4. The Balaban J connectivity index is 1.72. The summed E-state index contributed by atoms with van der Waals surface area (Å²) in [5, 5.41) is 3.63. The molecule has 0 unspecified atom stereocenters. The van der Waals surface area contributed by atoms with Crippen LogP contribution < -0.4 is 4.72 Å². The molecule has 1 N–H and O–H groups in total. The van der Waals surface area contributed by atoms with Crippen LogP contribution in [0, 0.1) is 0 Å². The van der Waals surface area contributed by atoms with Crippen LogP contribution in [0.25, 0.3) is 0 Å². The molecule has 1 aliphatic rings. The first-order valence-electron chi connectivity index (χ1n) is 9.08. The zero-order chi connectivity index (χ0) is 19.7. The van der Waals surface area contributed by atoms with E-state index in [2.05, 4.69) is 9.82 Å². The number of nitrogens with one attached hydrogen (secondary N) is 1. The fraction of sp³-hybridized carbons (Fsp3) is 0.474. The number of anilines is 1. The van der Waals surface area contributed by atoms with Crippen molar-refractivity contribution >= 4 is 21.6 Å². The number of likely N-dealkylation sites (tertiary alicyclic amines) is 1. The van der Waals surface area contributed by atoms with E-state index in [4.69, 9.17) is 0 Å². The van der Waals surface area contributed by atoms with Crippen LogP contribution in [0.3, 0.4) is 0 Å². The van der Waals surface area contributed by atoms with Gasteiger partial charge in [-0.3, -0.25) is 14.2 Å². The van der Waals surface area contributed by atoms with Gasteiger partial charge in [0, 0.05) is 25.0 Å². The molecule has 1 fully saturated rings. The van der Waals surface area contributed by atoms with Crippen molar-refractivity contribution in [3.05, 3.63) is 48.3 Å². The van der Waals surface area contributed by atoms with E-state index in [1.165, 1.54) is 0 Å². The van der Waals surface area contributed by atoms with Crippen molar-refractivity contribution in [2.75, 3.05) is 17.8 Å². The van der Waals surface area contributed by atoms with Crippen molar-refractivity contribution in [1.29, 1.82) is 0 Å². The van der Waals surface area contributed by atoms with Gasteiger partial charge >= 0.3 is 0 Å². The van der Waals surface area contributed by atoms with Crippen LogP contribution in [0.1, 0.15) is 44.0 Å². The topological polar surface area (TPSA) is 84.3 Å². The molecule has 0 aliphatic carbocycles. The molecular formula is C19H26N4O3S. The predicted octanol–water partition coefficient (Wildman–Crippen LogP) is 2.68. The summed E-state index contributed by atoms with van der Waals surface area (Å²) in [5.41, 5.74) is 0.803. The molecule has 0 radical (unpaired) electrons. The maximum absolute atomic E-state index is 12.8. The molecule has 2 heterocycles. The van der Waals surface area contributed by atoms with Gasteiger partial charge < -0.3 is 4.90 Å². The van der Waals surface area contributed by atoms with Crippen LogP contribution in [0.5, 0.6) is 0 Å². The van der Waals surface area contributed by atoms with Gasteiger partial charge in [-0.25, -0.2) is 8.42 Å². The average Bonchev–Trinajstić information content (AvgIpc) is 3.12. The number of piperidine rings is 1. The first-order valence-corrected chi connectivity index (χ1v) is 10.6. The second-order valence-corrected chi connectivity index (χ2v) is 9.83. The summed E-state index contributed by atoms with van der Waals surface area (Å²) in [6, 6.07) is 8.81. The summed E-state index contributed by atoms with van der Waals surface area (Å²) in [6.45, 7) is 6.76. The Morgan fingerprint density at radius 1 is 1.22 bits per heavy atom. The van der Waals surface area contributed by atoms with Gasteiger partial charge in [0.15, 0.2) is 0 Å². The molecule has 2 aromatic rings. The Morgan fingerprint density at radius 3 is 2.56 bits per heavy atom. The molecule has 1 aromatic carbocycles. The fourth-order valence-electron chi connectivity index (χ4n) is 3.11. The number of benzene rings is 1. The molecule has 27 heavy (non-hydrogen) atoms. The third-order valence-electron chi connectivity index (χ3n) is 4.65. The zero-order valence-electron chi connectivity index (χ0n) is 15.9. The minimum atomic E-state index is -3.57. The number of sulfonamides is 1. The molecule has 1 aromatic heterocycles. The highest BCUT2D eigenvalue weighted by Gasteiger charge is 2.33. The van der Waals surface area contributed by atoms with Crippen molar-refractivity contribution in [2.24, 2.45) is 0 Å². The number of hydrogen-bond donors (Lipinski definition) is 1. The summed E-state index contributed by atoms with van der Waals surface area (Å²) in [6.07, 6.45) is 4.46. The smallest absolute Gasteiger partial charge is 0.257 e. The average molecular weight is 391 g/mol. The van der Waals surface area contributed by atoms with Gasteiger partial charge in [0.2, 0.25) is 10.0 Å². The third kappa shape index (κ3) is 4.50. The van der Waals surface area contributed by atoms with E-state index < -0.39 is 15.3 Å². The monoisotopic (exact) mass is 390 g/mol. The van der Waals surface area contributed by atoms with E-state index in [0.717, 1.165) is 0 Å². The molecule has 3 rings (SSSR count). The molecule has 1 saturated heterocycles. The molecule has 8 heteroatoms. The number of carbonyl (C=O) groups is 1. The Kier molecular flexibility index (Phi) is 5.28. The van der Waals surface area contributed by atoms with E-state index in [0.29, 0.717) is 30.6 Å². The second kappa shape index (κ2) is 7.34. The van der Waals surface area contributed by atoms with Gasteiger partial charge in [-0.15, -0.1) is 0 Å². The van der Waals surface area contributed by atoms with Gasteiger partial charge in [-0.05, 0) is 45.7 Å². The normalized spacial score (nSPS) is 18.3. The van der Waals surface area contributed by atoms with Crippen LogP contribution in [-0.2, 0) is 15.6 Å². The Hall–Kier alpha value is -2.35. The highest BCUT2D eigenvalue weighted by Crippen LogP contribution is 2.22. The fourth-order valence-corrected chi connectivity index (χ4v) is 4.60. The second-order valence-electron chi connectivity index (χ2n) is 7.87. The molecule has 146 valence electrons. The van der Waals surface area contributed by atoms with E-state index >= 15 is 0 Å². The number of aromatic nitrogens is 2. The maximum atomic E-state index is 12.8. The van der Waals surface area contributed by atoms with Gasteiger partial charge in [0.25, 0.3) is 5.91 Å². The molecule has 0 spiro atoms. The van der Waals surface area contributed by atoms with Crippen LogP contribution in [0.15, 0.2) is 42.7 Å². The number of para-hydroxylation sites is 1. The Labute approximate surface area is 160 Å². The van der Waals surface area contributed by atoms with Crippen molar-refractivity contribution in [2.45, 2.75) is 44.4 Å². The molecule has 1 amide bonds. The lowest BCUT2D eigenvalue weighted by atomic mass is 10.1. The summed E-state index contributed by atoms with van der Waals surface area (Å²) >= 11 is 0. The molecule has 1 atom stereocenters. The van der Waals surface area contributed by atoms with Crippen molar-refractivity contribution < 1.29 is 13.2 Å². The Morgan fingerprint density at radius 2 is 1.93 bits per heavy atom. The lowest BCUT2D eigenvalue weighted by Gasteiger charge is -2.32. The number of nitrogens with zero attached hydrogens (tertiary/aromatic N) is 3. The summed E-state index contributed by atoms with van der Waals surface area (Å²) in [4.78, 5) is 14.4. The zero-order valence-corrected chi connectivity index (χ0v) is 16.7. The van der Waals surface area contributed by atoms with Crippen LogP contribution in [0.2, 0.25) is 0 Å². The van der Waals surface area contributed by atoms with Crippen molar-refractivity contribution in [1.82, 2.24) is 14.7 Å². The van der Waals surface area contributed by atoms with Gasteiger partial charge in [0.1, 0.15) is 0 Å². The van der Waals surface area contributed by atoms with E-state index in [1.807, 2.05) is 26.8 Å². The predicted molar refractivity (Wildman–Crippen MR) is 105 cm³/mol. The minimum Gasteiger partial charge on any atom is -0.337 e. The molecule has 0 saturated carbocycles. The maximum Gasteiger partial charge on any atom is 0.257 e. The van der Waals surface area contributed by atoms with Crippen molar-refractivity contribution in [3.8, 4) is 0 Å². The Bertz CT molecular complexity index is 901. The summed E-state index contributed by atoms with van der Waals surface area (Å²) < 4.78 is 29.8. The lowest BCUT2D eigenvalue weighted by Crippen LogP contribution is -2.46. The van der Waals surface area contributed by atoms with E-state index in [-0.39, 0.29) is 18.0 Å². The minimum absolute atomic E-state index is 0.176. The molecule has 1 aliphatic heterocycles. The van der Waals surface area contributed by atoms with Gasteiger partial charge in [0.05, 0.1) is 22.5 Å². The van der Waals surface area contributed by atoms with Gasteiger partial charge in [-0.1, -0.05) is 18.2 Å². The summed E-state index contributed by atoms with van der Waals surface area (Å²) in [5.74, 6) is -0.176. The molecule has 7 nitrogen and oxygen atoms in total. The number of hydrogen-bond acceptors (Lipinski definition) is 4. The van der Waals surface area contributed by atoms with Crippen LogP contribution >= 0.6 is 0 Å². The molecule has 0 bridgehead atoms. The third-order valence-corrected chi connectivity index (χ3v) is 6.44.